The zero-order chi connectivity index (χ0) is 12.8. The summed E-state index contributed by atoms with van der Waals surface area (Å²) < 4.78 is 18.6. The van der Waals surface area contributed by atoms with Crippen LogP contribution in [-0.2, 0) is 0 Å². The van der Waals surface area contributed by atoms with Gasteiger partial charge >= 0.3 is 0 Å². The fraction of sp³-hybridized carbons (Fsp3) is 0.462. The third kappa shape index (κ3) is 4.15. The number of hydrogen-bond donors (Lipinski definition) is 1. The van der Waals surface area contributed by atoms with Gasteiger partial charge in [0.2, 0.25) is 0 Å². The molecule has 0 bridgehead atoms. The number of Topliss-reactive ketones (excluding diaryl/α,β-unsaturated/α-hetero) is 1. The molecule has 0 radical (unpaired) electrons. The van der Waals surface area contributed by atoms with E-state index in [1.54, 1.807) is 13.0 Å². The summed E-state index contributed by atoms with van der Waals surface area (Å²) in [5, 5.41) is 3.00. The summed E-state index contributed by atoms with van der Waals surface area (Å²) in [5.74, 6) is -0.441. The number of hydrogen-bond acceptors (Lipinski definition) is 3. The fourth-order valence-corrected chi connectivity index (χ4v) is 1.35. The molecule has 17 heavy (non-hydrogen) atoms. The van der Waals surface area contributed by atoms with Gasteiger partial charge in [-0.25, -0.2) is 4.39 Å². The molecule has 0 heterocycles. The quantitative estimate of drug-likeness (QED) is 0.775. The number of halogens is 1. The van der Waals surface area contributed by atoms with Gasteiger partial charge in [-0.2, -0.15) is 0 Å². The lowest BCUT2D eigenvalue weighted by Gasteiger charge is -2.08. The highest BCUT2D eigenvalue weighted by atomic mass is 19.1. The van der Waals surface area contributed by atoms with Crippen LogP contribution in [0.1, 0.15) is 31.1 Å². The largest absolute Gasteiger partial charge is 0.491 e. The lowest BCUT2D eigenvalue weighted by atomic mass is 10.1. The maximum absolute atomic E-state index is 13.5. The molecule has 1 aromatic carbocycles. The van der Waals surface area contributed by atoms with Crippen molar-refractivity contribution in [3.63, 3.8) is 0 Å². The minimum Gasteiger partial charge on any atom is -0.491 e. The van der Waals surface area contributed by atoms with E-state index in [1.165, 1.54) is 12.1 Å². The van der Waals surface area contributed by atoms with Crippen LogP contribution in [0, 0.1) is 5.82 Å². The summed E-state index contributed by atoms with van der Waals surface area (Å²) in [7, 11) is 0. The topological polar surface area (TPSA) is 38.3 Å². The van der Waals surface area contributed by atoms with E-state index >= 15 is 0 Å². The van der Waals surface area contributed by atoms with Crippen LogP contribution in [0.3, 0.4) is 0 Å². The minimum absolute atomic E-state index is 0.124. The molecule has 3 nitrogen and oxygen atoms in total. The Morgan fingerprint density at radius 3 is 2.71 bits per heavy atom. The van der Waals surface area contributed by atoms with E-state index in [0.29, 0.717) is 12.2 Å². The van der Waals surface area contributed by atoms with Crippen molar-refractivity contribution in [1.82, 2.24) is 5.32 Å². The Balaban J connectivity index is 2.72. The van der Waals surface area contributed by atoms with Crippen LogP contribution in [0.4, 0.5) is 4.39 Å². The zero-order valence-electron chi connectivity index (χ0n) is 10.4. The predicted molar refractivity (Wildman–Crippen MR) is 65.0 cm³/mol. The molecule has 0 aliphatic rings. The minimum atomic E-state index is -0.498. The molecule has 0 unspecified atom stereocenters. The smallest absolute Gasteiger partial charge is 0.176 e. The molecule has 1 N–H and O–H groups in total. The first-order chi connectivity index (χ1) is 8.04. The maximum Gasteiger partial charge on any atom is 0.176 e. The molecule has 0 atom stereocenters. The van der Waals surface area contributed by atoms with Crippen molar-refractivity contribution in [2.45, 2.75) is 26.8 Å². The van der Waals surface area contributed by atoms with E-state index in [0.717, 1.165) is 0 Å². The number of carbonyl (C=O) groups excluding carboxylic acids is 1. The van der Waals surface area contributed by atoms with Crippen LogP contribution in [-0.4, -0.2) is 25.0 Å². The van der Waals surface area contributed by atoms with Crippen LogP contribution >= 0.6 is 0 Å². The molecular formula is C13H18FNO2. The van der Waals surface area contributed by atoms with Crippen molar-refractivity contribution in [1.29, 1.82) is 0 Å². The van der Waals surface area contributed by atoms with Crippen LogP contribution in [0.5, 0.6) is 5.75 Å². The second kappa shape index (κ2) is 6.35. The molecule has 0 saturated heterocycles. The van der Waals surface area contributed by atoms with Gasteiger partial charge in [0.25, 0.3) is 0 Å². The van der Waals surface area contributed by atoms with Gasteiger partial charge in [0.1, 0.15) is 0 Å². The number of nitrogens with one attached hydrogen (secondary N) is 1. The number of benzene rings is 1. The Hall–Kier alpha value is -1.42. The molecule has 0 saturated carbocycles. The molecule has 0 aliphatic carbocycles. The van der Waals surface area contributed by atoms with E-state index in [4.69, 9.17) is 4.74 Å². The van der Waals surface area contributed by atoms with Gasteiger partial charge in [-0.15, -0.1) is 0 Å². The second-order valence-electron chi connectivity index (χ2n) is 4.04. The van der Waals surface area contributed by atoms with Crippen molar-refractivity contribution in [3.05, 3.63) is 29.6 Å². The summed E-state index contributed by atoms with van der Waals surface area (Å²) in [6.07, 6.45) is 0. The molecule has 4 heteroatoms. The van der Waals surface area contributed by atoms with Crippen molar-refractivity contribution in [3.8, 4) is 5.75 Å². The third-order valence-electron chi connectivity index (χ3n) is 2.22. The van der Waals surface area contributed by atoms with Crippen molar-refractivity contribution in [2.75, 3.05) is 13.2 Å². The van der Waals surface area contributed by atoms with Gasteiger partial charge < -0.3 is 10.1 Å². The monoisotopic (exact) mass is 239 g/mol. The number of rotatable bonds is 6. The summed E-state index contributed by atoms with van der Waals surface area (Å²) in [5.41, 5.74) is 0.360. The first-order valence-electron chi connectivity index (χ1n) is 5.73. The summed E-state index contributed by atoms with van der Waals surface area (Å²) >= 11 is 0. The molecular weight excluding hydrogens is 221 g/mol. The Bertz CT molecular complexity index is 391. The van der Waals surface area contributed by atoms with E-state index in [1.807, 2.05) is 13.8 Å². The van der Waals surface area contributed by atoms with Gasteiger partial charge in [-0.05, 0) is 25.1 Å². The van der Waals surface area contributed by atoms with E-state index in [2.05, 4.69) is 5.32 Å². The Morgan fingerprint density at radius 2 is 2.18 bits per heavy atom. The van der Waals surface area contributed by atoms with Crippen LogP contribution < -0.4 is 10.1 Å². The highest BCUT2D eigenvalue weighted by Crippen LogP contribution is 2.18. The molecule has 0 fully saturated rings. The van der Waals surface area contributed by atoms with Gasteiger partial charge in [0, 0.05) is 11.6 Å². The number of ether oxygens (including phenoxy) is 1. The van der Waals surface area contributed by atoms with Gasteiger partial charge in [-0.1, -0.05) is 13.8 Å². The van der Waals surface area contributed by atoms with Gasteiger partial charge in [0.15, 0.2) is 17.3 Å². The van der Waals surface area contributed by atoms with Crippen molar-refractivity contribution < 1.29 is 13.9 Å². The normalized spacial score (nSPS) is 10.6. The first-order valence-corrected chi connectivity index (χ1v) is 5.73. The Kier molecular flexibility index (Phi) is 5.10. The average Bonchev–Trinajstić information content (AvgIpc) is 2.28. The van der Waals surface area contributed by atoms with Crippen LogP contribution in [0.2, 0.25) is 0 Å². The van der Waals surface area contributed by atoms with Crippen molar-refractivity contribution >= 4 is 5.78 Å². The molecule has 94 valence electrons. The summed E-state index contributed by atoms with van der Waals surface area (Å²) in [6.45, 7) is 6.30. The van der Waals surface area contributed by atoms with Gasteiger partial charge in [-0.3, -0.25) is 4.79 Å². The van der Waals surface area contributed by atoms with E-state index in [9.17, 15) is 9.18 Å². The fourth-order valence-electron chi connectivity index (χ4n) is 1.35. The highest BCUT2D eigenvalue weighted by Gasteiger charge is 2.10. The summed E-state index contributed by atoms with van der Waals surface area (Å²) in [4.78, 5) is 11.7. The Morgan fingerprint density at radius 1 is 1.47 bits per heavy atom. The predicted octanol–water partition coefficient (Wildman–Crippen LogP) is 2.41. The van der Waals surface area contributed by atoms with E-state index < -0.39 is 5.82 Å². The lowest BCUT2D eigenvalue weighted by molar-refractivity contribution is 0.0988. The summed E-state index contributed by atoms with van der Waals surface area (Å²) in [6, 6.07) is 4.52. The van der Waals surface area contributed by atoms with Gasteiger partial charge in [0.05, 0.1) is 13.2 Å². The second-order valence-corrected chi connectivity index (χ2v) is 4.04. The molecule has 1 rings (SSSR count). The van der Waals surface area contributed by atoms with Crippen LogP contribution in [0.15, 0.2) is 18.2 Å². The van der Waals surface area contributed by atoms with Crippen molar-refractivity contribution in [2.24, 2.45) is 0 Å². The molecule has 1 aromatic rings. The molecule has 0 amide bonds. The highest BCUT2D eigenvalue weighted by molar-refractivity contribution is 5.97. The Labute approximate surface area is 101 Å². The standard InChI is InChI=1S/C13H18FNO2/c1-4-17-13-6-5-10(7-11(13)14)12(16)8-15-9(2)3/h5-7,9,15H,4,8H2,1-3H3. The average molecular weight is 239 g/mol. The van der Waals surface area contributed by atoms with Crippen LogP contribution in [0.25, 0.3) is 0 Å². The third-order valence-corrected chi connectivity index (χ3v) is 2.22. The molecule has 0 aromatic heterocycles. The SMILES string of the molecule is CCOc1ccc(C(=O)CNC(C)C)cc1F. The molecule has 0 aliphatic heterocycles. The first kappa shape index (κ1) is 13.6. The number of carbonyl (C=O) groups is 1. The molecule has 0 spiro atoms. The zero-order valence-corrected chi connectivity index (χ0v) is 10.4. The maximum atomic E-state index is 13.5. The lowest BCUT2D eigenvalue weighted by Crippen LogP contribution is -2.29. The number of ketones is 1. The van der Waals surface area contributed by atoms with E-state index in [-0.39, 0.29) is 24.1 Å².